The number of thiophene rings is 1. The molecule has 1 aromatic heterocycles. The Morgan fingerprint density at radius 3 is 2.64 bits per heavy atom. The number of hydrogen-bond donors (Lipinski definition) is 1. The average Bonchev–Trinajstić information content (AvgIpc) is 2.72. The monoisotopic (exact) mass is 362 g/mol. The van der Waals surface area contributed by atoms with E-state index in [9.17, 15) is 14.9 Å². The number of amides is 1. The van der Waals surface area contributed by atoms with Crippen molar-refractivity contribution in [2.24, 2.45) is 5.92 Å². The maximum Gasteiger partial charge on any atom is 0.306 e. The van der Waals surface area contributed by atoms with E-state index in [0.717, 1.165) is 37.7 Å². The number of anilines is 1. The van der Waals surface area contributed by atoms with Gasteiger partial charge in [-0.25, -0.2) is 0 Å². The molecule has 0 saturated heterocycles. The van der Waals surface area contributed by atoms with Crippen LogP contribution in [0.5, 0.6) is 0 Å². The number of esters is 1. The van der Waals surface area contributed by atoms with Crippen molar-refractivity contribution in [1.82, 2.24) is 0 Å². The highest BCUT2D eigenvalue weighted by molar-refractivity contribution is 7.16. The largest absolute Gasteiger partial charge is 0.453 e. The van der Waals surface area contributed by atoms with Crippen molar-refractivity contribution in [3.63, 3.8) is 0 Å². The number of carbonyl (C=O) groups excluding carboxylic acids is 2. The van der Waals surface area contributed by atoms with Crippen LogP contribution in [0.15, 0.2) is 0 Å². The lowest BCUT2D eigenvalue weighted by Crippen LogP contribution is -2.30. The van der Waals surface area contributed by atoms with Crippen LogP contribution < -0.4 is 5.32 Å². The van der Waals surface area contributed by atoms with Crippen molar-refractivity contribution >= 4 is 28.2 Å². The van der Waals surface area contributed by atoms with Gasteiger partial charge in [0.2, 0.25) is 0 Å². The summed E-state index contributed by atoms with van der Waals surface area (Å²) in [6.07, 6.45) is 5.42. The van der Waals surface area contributed by atoms with E-state index in [1.54, 1.807) is 6.92 Å². The van der Waals surface area contributed by atoms with Crippen molar-refractivity contribution in [1.29, 1.82) is 5.26 Å². The third-order valence-electron chi connectivity index (χ3n) is 4.37. The summed E-state index contributed by atoms with van der Waals surface area (Å²) in [7, 11) is 0. The first-order valence-corrected chi connectivity index (χ1v) is 9.79. The van der Waals surface area contributed by atoms with E-state index >= 15 is 0 Å². The molecule has 0 radical (unpaired) electrons. The molecule has 0 saturated carbocycles. The Balaban J connectivity index is 2.00. The summed E-state index contributed by atoms with van der Waals surface area (Å²) in [5.41, 5.74) is 1.66. The van der Waals surface area contributed by atoms with Crippen LogP contribution in [0.2, 0.25) is 0 Å². The quantitative estimate of drug-likeness (QED) is 0.608. The number of ether oxygens (including phenoxy) is 1. The average molecular weight is 362 g/mol. The minimum absolute atomic E-state index is 0.312. The molecule has 1 heterocycles. The van der Waals surface area contributed by atoms with Crippen LogP contribution in [0.1, 0.15) is 68.9 Å². The van der Waals surface area contributed by atoms with E-state index < -0.39 is 6.10 Å². The molecule has 1 aromatic rings. The first kappa shape index (κ1) is 19.5. The number of hydrogen-bond acceptors (Lipinski definition) is 5. The summed E-state index contributed by atoms with van der Waals surface area (Å²) >= 11 is 1.48. The van der Waals surface area contributed by atoms with Crippen LogP contribution in [-0.2, 0) is 27.2 Å². The second kappa shape index (κ2) is 9.00. The van der Waals surface area contributed by atoms with Gasteiger partial charge in [-0.15, -0.1) is 11.3 Å². The van der Waals surface area contributed by atoms with Gasteiger partial charge in [-0.3, -0.25) is 9.59 Å². The van der Waals surface area contributed by atoms with Gasteiger partial charge in [-0.05, 0) is 50.5 Å². The number of nitrogens with one attached hydrogen (secondary N) is 1. The second-order valence-electron chi connectivity index (χ2n) is 6.93. The maximum absolute atomic E-state index is 12.3. The van der Waals surface area contributed by atoms with E-state index in [4.69, 9.17) is 4.74 Å². The van der Waals surface area contributed by atoms with Crippen LogP contribution in [0.25, 0.3) is 0 Å². The molecular formula is C19H26N2O3S. The topological polar surface area (TPSA) is 79.2 Å². The van der Waals surface area contributed by atoms with Crippen LogP contribution in [0.4, 0.5) is 5.00 Å². The van der Waals surface area contributed by atoms with E-state index in [1.165, 1.54) is 22.6 Å². The molecule has 25 heavy (non-hydrogen) atoms. The predicted octanol–water partition coefficient (Wildman–Crippen LogP) is 4.20. The maximum atomic E-state index is 12.3. The molecule has 136 valence electrons. The number of fused-ring (bicyclic) bond motifs is 1. The predicted molar refractivity (Wildman–Crippen MR) is 98.5 cm³/mol. The zero-order valence-corrected chi connectivity index (χ0v) is 16.0. The lowest BCUT2D eigenvalue weighted by atomic mass is 10.1. The molecule has 1 N–H and O–H groups in total. The van der Waals surface area contributed by atoms with E-state index in [2.05, 4.69) is 11.4 Å². The third kappa shape index (κ3) is 5.30. The molecule has 1 aliphatic rings. The molecule has 0 aromatic carbocycles. The fourth-order valence-electron chi connectivity index (χ4n) is 2.88. The van der Waals surface area contributed by atoms with Crippen molar-refractivity contribution in [2.45, 2.75) is 71.8 Å². The Bertz CT molecular complexity index is 673. The number of nitriles is 1. The van der Waals surface area contributed by atoms with Crippen LogP contribution in [-0.4, -0.2) is 18.0 Å². The lowest BCUT2D eigenvalue weighted by molar-refractivity contribution is -0.153. The smallest absolute Gasteiger partial charge is 0.306 e. The van der Waals surface area contributed by atoms with Gasteiger partial charge >= 0.3 is 5.97 Å². The zero-order chi connectivity index (χ0) is 18.4. The molecule has 1 aliphatic carbocycles. The molecular weight excluding hydrogens is 336 g/mol. The highest BCUT2D eigenvalue weighted by Crippen LogP contribution is 2.37. The molecule has 0 spiro atoms. The fourth-order valence-corrected chi connectivity index (χ4v) is 4.12. The highest BCUT2D eigenvalue weighted by atomic mass is 32.1. The van der Waals surface area contributed by atoms with Crippen LogP contribution in [0.3, 0.4) is 0 Å². The Labute approximate surface area is 153 Å². The molecule has 5 nitrogen and oxygen atoms in total. The summed E-state index contributed by atoms with van der Waals surface area (Å²) in [5.74, 6) is -0.332. The fraction of sp³-hybridized carbons (Fsp3) is 0.632. The standard InChI is InChI=1S/C19H26N2O3S/c1-12(2)9-10-17(22)24-13(3)18(23)21-19-15(11-20)14-7-5-4-6-8-16(14)25-19/h12-13H,4-10H2,1-3H3,(H,21,23)/t13-/m1/s1. The highest BCUT2D eigenvalue weighted by Gasteiger charge is 2.24. The van der Waals surface area contributed by atoms with Gasteiger partial charge in [0.15, 0.2) is 6.10 Å². The number of carbonyl (C=O) groups is 2. The van der Waals surface area contributed by atoms with Crippen molar-refractivity contribution < 1.29 is 14.3 Å². The van der Waals surface area contributed by atoms with Gasteiger partial charge in [0, 0.05) is 11.3 Å². The molecule has 1 atom stereocenters. The first-order chi connectivity index (χ1) is 11.9. The summed E-state index contributed by atoms with van der Waals surface area (Å²) in [5, 5.41) is 12.9. The molecule has 6 heteroatoms. The Hall–Kier alpha value is -1.87. The van der Waals surface area contributed by atoms with Gasteiger partial charge in [0.25, 0.3) is 5.91 Å². The number of rotatable bonds is 6. The molecule has 0 bridgehead atoms. The van der Waals surface area contributed by atoms with Crippen molar-refractivity contribution in [2.75, 3.05) is 5.32 Å². The van der Waals surface area contributed by atoms with Gasteiger partial charge < -0.3 is 10.1 Å². The van der Waals surface area contributed by atoms with Crippen molar-refractivity contribution in [3.8, 4) is 6.07 Å². The Morgan fingerprint density at radius 2 is 1.96 bits per heavy atom. The first-order valence-electron chi connectivity index (χ1n) is 8.97. The van der Waals surface area contributed by atoms with E-state index in [-0.39, 0.29) is 11.9 Å². The Morgan fingerprint density at radius 1 is 1.24 bits per heavy atom. The van der Waals surface area contributed by atoms with Gasteiger partial charge in [0.05, 0.1) is 5.56 Å². The number of nitrogens with zero attached hydrogens (tertiary/aromatic N) is 1. The second-order valence-corrected chi connectivity index (χ2v) is 8.04. The van der Waals surface area contributed by atoms with Gasteiger partial charge in [-0.2, -0.15) is 5.26 Å². The van der Waals surface area contributed by atoms with Crippen molar-refractivity contribution in [3.05, 3.63) is 16.0 Å². The summed E-state index contributed by atoms with van der Waals surface area (Å²) in [6.45, 7) is 5.63. The van der Waals surface area contributed by atoms with Crippen LogP contribution in [0, 0.1) is 17.2 Å². The summed E-state index contributed by atoms with van der Waals surface area (Å²) < 4.78 is 5.20. The van der Waals surface area contributed by atoms with Gasteiger partial charge in [-0.1, -0.05) is 20.3 Å². The zero-order valence-electron chi connectivity index (χ0n) is 15.2. The minimum Gasteiger partial charge on any atom is -0.453 e. The molecule has 1 amide bonds. The third-order valence-corrected chi connectivity index (χ3v) is 5.58. The Kier molecular flexibility index (Phi) is 7.01. The van der Waals surface area contributed by atoms with E-state index in [0.29, 0.717) is 22.9 Å². The summed E-state index contributed by atoms with van der Waals surface area (Å²) in [6, 6.07) is 2.24. The number of aryl methyl sites for hydroxylation is 1. The molecule has 2 rings (SSSR count). The molecule has 0 fully saturated rings. The van der Waals surface area contributed by atoms with Gasteiger partial charge in [0.1, 0.15) is 11.1 Å². The van der Waals surface area contributed by atoms with E-state index in [1.807, 2.05) is 13.8 Å². The van der Waals surface area contributed by atoms with Crippen LogP contribution >= 0.6 is 11.3 Å². The minimum atomic E-state index is -0.867. The summed E-state index contributed by atoms with van der Waals surface area (Å²) in [4.78, 5) is 25.3. The SMILES string of the molecule is CC(C)CCC(=O)O[C@H](C)C(=O)Nc1sc2c(c1C#N)CCCCC2. The molecule has 0 aliphatic heterocycles. The normalized spacial score (nSPS) is 15.0. The molecule has 0 unspecified atom stereocenters. The lowest BCUT2D eigenvalue weighted by Gasteiger charge is -2.13.